The molecule has 1 aliphatic heterocycles. The zero-order valence-electron chi connectivity index (χ0n) is 20.0. The molecular weight excluding hydrogens is 521 g/mol. The number of methoxy groups -OCH3 is 1. The maximum atomic E-state index is 13.4. The Balaban J connectivity index is 1.37. The maximum Gasteiger partial charge on any atom is 0.418 e. The Morgan fingerprint density at radius 3 is 2.62 bits per heavy atom. The molecule has 1 N–H and O–H groups in total. The zero-order valence-corrected chi connectivity index (χ0v) is 21.6. The first-order chi connectivity index (χ1) is 17.8. The molecule has 6 rings (SSSR count). The van der Waals surface area contributed by atoms with E-state index in [1.807, 2.05) is 18.2 Å². The van der Waals surface area contributed by atoms with Crippen LogP contribution in [-0.2, 0) is 17.5 Å². The molecule has 2 heterocycles. The van der Waals surface area contributed by atoms with Crippen molar-refractivity contribution in [1.29, 1.82) is 0 Å². The molecule has 0 saturated heterocycles. The molecule has 5 unspecified atom stereocenters. The van der Waals surface area contributed by atoms with Crippen LogP contribution in [0.1, 0.15) is 41.2 Å². The van der Waals surface area contributed by atoms with E-state index in [1.165, 1.54) is 35.6 Å². The minimum atomic E-state index is -4.60. The van der Waals surface area contributed by atoms with Crippen LogP contribution in [0.2, 0.25) is 0 Å². The van der Waals surface area contributed by atoms with Crippen molar-refractivity contribution in [3.63, 3.8) is 0 Å². The number of para-hydroxylation sites is 2. The summed E-state index contributed by atoms with van der Waals surface area (Å²) in [7, 11) is 1.65. The monoisotopic (exact) mass is 546 g/mol. The number of benzene rings is 2. The number of ether oxygens (including phenoxy) is 1. The summed E-state index contributed by atoms with van der Waals surface area (Å²) in [6.45, 7) is -0.339. The molecule has 5 atom stereocenters. The summed E-state index contributed by atoms with van der Waals surface area (Å²) in [5, 5.41) is 3.47. The van der Waals surface area contributed by atoms with Crippen molar-refractivity contribution in [1.82, 2.24) is 4.57 Å². The van der Waals surface area contributed by atoms with Crippen LogP contribution in [0.25, 0.3) is 0 Å². The van der Waals surface area contributed by atoms with E-state index in [-0.39, 0.29) is 23.0 Å². The maximum absolute atomic E-state index is 13.4. The fourth-order valence-electron chi connectivity index (χ4n) is 6.53. The fraction of sp³-hybridized carbons (Fsp3) is 0.407. The first-order valence-corrected chi connectivity index (χ1v) is 13.9. The minimum absolute atomic E-state index is 0.0133. The molecule has 2 bridgehead atoms. The van der Waals surface area contributed by atoms with Crippen LogP contribution < -0.4 is 14.9 Å². The number of aromatic nitrogens is 1. The quantitative estimate of drug-likeness (QED) is 0.412. The molecule has 2 saturated carbocycles. The van der Waals surface area contributed by atoms with Crippen LogP contribution in [0.4, 0.5) is 18.9 Å². The normalized spacial score (nSPS) is 26.0. The van der Waals surface area contributed by atoms with Gasteiger partial charge in [0.1, 0.15) is 12.3 Å². The number of thiazole rings is 1. The largest absolute Gasteiger partial charge is 0.496 e. The van der Waals surface area contributed by atoms with Gasteiger partial charge in [-0.1, -0.05) is 41.7 Å². The van der Waals surface area contributed by atoms with Crippen molar-refractivity contribution in [2.75, 3.05) is 12.4 Å². The molecule has 3 aliphatic rings. The van der Waals surface area contributed by atoms with Crippen molar-refractivity contribution < 1.29 is 22.7 Å². The summed E-state index contributed by atoms with van der Waals surface area (Å²) in [5.74, 6) is 1.62. The Hall–Kier alpha value is -2.72. The SMILES string of the molecule is COc1ccccc1C1c2sc(=O)n(CC(=O)Nc3ccccc3C(F)(F)F)c2SC2C3CCC(C3)C12. The highest BCUT2D eigenvalue weighted by molar-refractivity contribution is 8.00. The van der Waals surface area contributed by atoms with Gasteiger partial charge in [-0.2, -0.15) is 13.2 Å². The highest BCUT2D eigenvalue weighted by Gasteiger charge is 2.55. The highest BCUT2D eigenvalue weighted by Crippen LogP contribution is 2.64. The van der Waals surface area contributed by atoms with Crippen molar-refractivity contribution in [3.8, 4) is 5.75 Å². The molecule has 3 aromatic rings. The van der Waals surface area contributed by atoms with E-state index >= 15 is 0 Å². The molecule has 194 valence electrons. The summed E-state index contributed by atoms with van der Waals surface area (Å²) in [6, 6.07) is 12.8. The number of amides is 1. The first kappa shape index (κ1) is 24.6. The van der Waals surface area contributed by atoms with Gasteiger partial charge in [0.25, 0.3) is 0 Å². The predicted octanol–water partition coefficient (Wildman–Crippen LogP) is 6.23. The van der Waals surface area contributed by atoms with Gasteiger partial charge in [-0.05, 0) is 55.2 Å². The molecule has 2 fully saturated rings. The lowest BCUT2D eigenvalue weighted by Gasteiger charge is -2.40. The Morgan fingerprint density at radius 1 is 1.11 bits per heavy atom. The van der Waals surface area contributed by atoms with Crippen molar-refractivity contribution in [2.24, 2.45) is 17.8 Å². The smallest absolute Gasteiger partial charge is 0.418 e. The summed E-state index contributed by atoms with van der Waals surface area (Å²) in [4.78, 5) is 26.8. The number of nitrogens with one attached hydrogen (secondary N) is 1. The Morgan fingerprint density at radius 2 is 1.84 bits per heavy atom. The zero-order chi connectivity index (χ0) is 25.9. The minimum Gasteiger partial charge on any atom is -0.496 e. The summed E-state index contributed by atoms with van der Waals surface area (Å²) in [6.07, 6.45) is -1.08. The lowest BCUT2D eigenvalue weighted by Crippen LogP contribution is -2.35. The second-order valence-electron chi connectivity index (χ2n) is 9.93. The number of hydrogen-bond donors (Lipinski definition) is 1. The number of anilines is 1. The van der Waals surface area contributed by atoms with E-state index in [9.17, 15) is 22.8 Å². The Bertz CT molecular complexity index is 1420. The molecule has 0 radical (unpaired) electrons. The number of hydrogen-bond acceptors (Lipinski definition) is 5. The average Bonchev–Trinajstić information content (AvgIpc) is 3.57. The summed E-state index contributed by atoms with van der Waals surface area (Å²) in [5.41, 5.74) is -0.186. The van der Waals surface area contributed by atoms with E-state index < -0.39 is 17.6 Å². The fourth-order valence-corrected chi connectivity index (χ4v) is 9.67. The van der Waals surface area contributed by atoms with Crippen molar-refractivity contribution >= 4 is 34.7 Å². The predicted molar refractivity (Wildman–Crippen MR) is 137 cm³/mol. The topological polar surface area (TPSA) is 60.3 Å². The van der Waals surface area contributed by atoms with E-state index in [1.54, 1.807) is 18.9 Å². The molecule has 5 nitrogen and oxygen atoms in total. The lowest BCUT2D eigenvalue weighted by atomic mass is 9.74. The molecule has 2 aromatic carbocycles. The number of fused-ring (bicyclic) bond motifs is 6. The summed E-state index contributed by atoms with van der Waals surface area (Å²) < 4.78 is 47.4. The van der Waals surface area contributed by atoms with E-state index in [0.29, 0.717) is 23.0 Å². The molecule has 2 aliphatic carbocycles. The number of carbonyl (C=O) groups is 1. The molecule has 37 heavy (non-hydrogen) atoms. The third kappa shape index (κ3) is 4.18. The molecule has 1 aromatic heterocycles. The van der Waals surface area contributed by atoms with Gasteiger partial charge in [-0.25, -0.2) is 0 Å². The second kappa shape index (κ2) is 9.23. The average molecular weight is 547 g/mol. The van der Waals surface area contributed by atoms with E-state index in [0.717, 1.165) is 45.0 Å². The number of alkyl halides is 3. The first-order valence-electron chi connectivity index (χ1n) is 12.3. The van der Waals surface area contributed by atoms with Gasteiger partial charge in [0, 0.05) is 21.6 Å². The van der Waals surface area contributed by atoms with Gasteiger partial charge in [0.15, 0.2) is 0 Å². The third-order valence-electron chi connectivity index (χ3n) is 7.97. The second-order valence-corrected chi connectivity index (χ2v) is 12.1. The standard InChI is InChI=1S/C27H25F3N2O3S2/c1-35-19-9-5-2-6-16(19)22-21-14-10-11-15(12-14)23(21)36-25-24(22)37-26(34)32(25)13-20(33)31-18-8-4-3-7-17(18)27(28,29)30/h2-9,14-15,21-23H,10-13H2,1H3,(H,31,33). The van der Waals surface area contributed by atoms with Gasteiger partial charge < -0.3 is 10.1 Å². The molecule has 0 spiro atoms. The lowest BCUT2D eigenvalue weighted by molar-refractivity contribution is -0.137. The van der Waals surface area contributed by atoms with E-state index in [4.69, 9.17) is 4.74 Å². The number of rotatable bonds is 5. The number of carbonyl (C=O) groups excluding carboxylic acids is 1. The van der Waals surface area contributed by atoms with Gasteiger partial charge in [-0.15, -0.1) is 11.8 Å². The van der Waals surface area contributed by atoms with E-state index in [2.05, 4.69) is 11.4 Å². The number of thioether (sulfide) groups is 1. The molecule has 1 amide bonds. The van der Waals surface area contributed by atoms with Crippen molar-refractivity contribution in [2.45, 2.75) is 48.2 Å². The Kier molecular flexibility index (Phi) is 6.14. The summed E-state index contributed by atoms with van der Waals surface area (Å²) >= 11 is 2.82. The highest BCUT2D eigenvalue weighted by atomic mass is 32.2. The third-order valence-corrected chi connectivity index (χ3v) is 10.8. The van der Waals surface area contributed by atoms with Gasteiger partial charge in [0.2, 0.25) is 5.91 Å². The Labute approximate surface area is 220 Å². The van der Waals surface area contributed by atoms with Crippen LogP contribution in [-0.4, -0.2) is 22.8 Å². The van der Waals surface area contributed by atoms with Crippen LogP contribution in [0.15, 0.2) is 58.4 Å². The van der Waals surface area contributed by atoms with Crippen LogP contribution in [0.3, 0.4) is 0 Å². The van der Waals surface area contributed by atoms with Crippen LogP contribution in [0.5, 0.6) is 5.75 Å². The van der Waals surface area contributed by atoms with Gasteiger partial charge in [-0.3, -0.25) is 14.2 Å². The molecular formula is C27H25F3N2O3S2. The van der Waals surface area contributed by atoms with Gasteiger partial charge >= 0.3 is 11.0 Å². The molecule has 10 heteroatoms. The van der Waals surface area contributed by atoms with Crippen LogP contribution >= 0.6 is 23.1 Å². The van der Waals surface area contributed by atoms with Gasteiger partial charge in [0.05, 0.1) is 23.4 Å². The number of nitrogens with zero attached hydrogens (tertiary/aromatic N) is 1. The van der Waals surface area contributed by atoms with Crippen LogP contribution in [0, 0.1) is 17.8 Å². The number of halogens is 3. The van der Waals surface area contributed by atoms with Crippen molar-refractivity contribution in [3.05, 3.63) is 74.2 Å².